The van der Waals surface area contributed by atoms with Crippen LogP contribution < -0.4 is 5.32 Å². The SMILES string of the molecule is C=CCC(NC(=O)OC(C)(C)C)(C(=O)OC)C(F)(F)F. The van der Waals surface area contributed by atoms with Gasteiger partial charge in [-0.05, 0) is 20.8 Å². The van der Waals surface area contributed by atoms with Crippen LogP contribution in [0.3, 0.4) is 0 Å². The summed E-state index contributed by atoms with van der Waals surface area (Å²) in [6.45, 7) is 7.60. The van der Waals surface area contributed by atoms with E-state index >= 15 is 0 Å². The molecule has 1 atom stereocenters. The van der Waals surface area contributed by atoms with Crippen LogP contribution in [0.5, 0.6) is 0 Å². The zero-order valence-corrected chi connectivity index (χ0v) is 11.8. The number of ether oxygens (including phenoxy) is 2. The molecule has 5 nitrogen and oxygen atoms in total. The lowest BCUT2D eigenvalue weighted by atomic mass is 9.94. The number of alkyl halides is 3. The Balaban J connectivity index is 5.47. The molecule has 0 aromatic heterocycles. The van der Waals surface area contributed by atoms with Gasteiger partial charge in [-0.2, -0.15) is 13.2 Å². The van der Waals surface area contributed by atoms with E-state index in [0.717, 1.165) is 13.2 Å². The molecule has 0 saturated heterocycles. The van der Waals surface area contributed by atoms with Crippen molar-refractivity contribution in [2.45, 2.75) is 44.5 Å². The van der Waals surface area contributed by atoms with Crippen molar-refractivity contribution in [3.05, 3.63) is 12.7 Å². The molecule has 0 bridgehead atoms. The van der Waals surface area contributed by atoms with E-state index in [-0.39, 0.29) is 0 Å². The minimum Gasteiger partial charge on any atom is -0.467 e. The van der Waals surface area contributed by atoms with Crippen molar-refractivity contribution in [3.63, 3.8) is 0 Å². The lowest BCUT2D eigenvalue weighted by Crippen LogP contribution is -2.64. The second-order valence-corrected chi connectivity index (χ2v) is 5.01. The molecule has 0 aromatic rings. The number of amides is 1. The molecule has 0 saturated carbocycles. The topological polar surface area (TPSA) is 64.6 Å². The van der Waals surface area contributed by atoms with Gasteiger partial charge in [-0.3, -0.25) is 5.32 Å². The molecule has 1 unspecified atom stereocenters. The monoisotopic (exact) mass is 297 g/mol. The van der Waals surface area contributed by atoms with E-state index in [0.29, 0.717) is 0 Å². The first kappa shape index (κ1) is 18.3. The number of halogens is 3. The van der Waals surface area contributed by atoms with Crippen LogP contribution in [0.15, 0.2) is 12.7 Å². The number of hydrogen-bond acceptors (Lipinski definition) is 4. The Bertz CT molecular complexity index is 387. The fraction of sp³-hybridized carbons (Fsp3) is 0.667. The fourth-order valence-corrected chi connectivity index (χ4v) is 1.36. The van der Waals surface area contributed by atoms with Gasteiger partial charge in [-0.1, -0.05) is 6.08 Å². The number of rotatable bonds is 4. The first-order valence-electron chi connectivity index (χ1n) is 5.67. The summed E-state index contributed by atoms with van der Waals surface area (Å²) in [7, 11) is 0.794. The van der Waals surface area contributed by atoms with Gasteiger partial charge in [0.15, 0.2) is 0 Å². The van der Waals surface area contributed by atoms with Crippen molar-refractivity contribution in [3.8, 4) is 0 Å². The zero-order valence-electron chi connectivity index (χ0n) is 11.8. The molecular weight excluding hydrogens is 279 g/mol. The maximum absolute atomic E-state index is 13.2. The molecule has 8 heteroatoms. The molecule has 0 rings (SSSR count). The van der Waals surface area contributed by atoms with Gasteiger partial charge in [0.2, 0.25) is 5.54 Å². The average molecular weight is 297 g/mol. The van der Waals surface area contributed by atoms with Crippen molar-refractivity contribution >= 4 is 12.1 Å². The van der Waals surface area contributed by atoms with Gasteiger partial charge in [0.25, 0.3) is 0 Å². The summed E-state index contributed by atoms with van der Waals surface area (Å²) >= 11 is 0. The summed E-state index contributed by atoms with van der Waals surface area (Å²) in [5.74, 6) is -1.64. The summed E-state index contributed by atoms with van der Waals surface area (Å²) in [5, 5.41) is 1.55. The van der Waals surface area contributed by atoms with Crippen LogP contribution in [0.2, 0.25) is 0 Å². The van der Waals surface area contributed by atoms with Crippen molar-refractivity contribution in [2.75, 3.05) is 7.11 Å². The molecule has 0 spiro atoms. The van der Waals surface area contributed by atoms with E-state index in [2.05, 4.69) is 11.3 Å². The summed E-state index contributed by atoms with van der Waals surface area (Å²) in [5.41, 5.74) is -4.22. The summed E-state index contributed by atoms with van der Waals surface area (Å²) < 4.78 is 48.4. The Morgan fingerprint density at radius 1 is 1.25 bits per heavy atom. The molecule has 0 fully saturated rings. The third-order valence-corrected chi connectivity index (χ3v) is 2.18. The number of methoxy groups -OCH3 is 1. The second-order valence-electron chi connectivity index (χ2n) is 5.01. The second kappa shape index (κ2) is 6.15. The highest BCUT2D eigenvalue weighted by Crippen LogP contribution is 2.35. The first-order chi connectivity index (χ1) is 8.89. The summed E-state index contributed by atoms with van der Waals surface area (Å²) in [6, 6.07) is 0. The molecule has 20 heavy (non-hydrogen) atoms. The van der Waals surface area contributed by atoms with Crippen molar-refractivity contribution in [1.29, 1.82) is 0 Å². The molecule has 1 N–H and O–H groups in total. The average Bonchev–Trinajstić information content (AvgIpc) is 2.22. The number of carbonyl (C=O) groups is 2. The minimum absolute atomic E-state index is 0.794. The molecule has 0 heterocycles. The van der Waals surface area contributed by atoms with Gasteiger partial charge < -0.3 is 9.47 Å². The predicted molar refractivity (Wildman–Crippen MR) is 65.0 cm³/mol. The van der Waals surface area contributed by atoms with E-state index in [1.807, 2.05) is 0 Å². The lowest BCUT2D eigenvalue weighted by Gasteiger charge is -2.33. The molecule has 0 radical (unpaired) electrons. The molecule has 116 valence electrons. The van der Waals surface area contributed by atoms with E-state index in [1.54, 1.807) is 5.32 Å². The van der Waals surface area contributed by atoms with E-state index in [9.17, 15) is 22.8 Å². The molecular formula is C12H18F3NO4. The normalized spacial score (nSPS) is 14.9. The highest BCUT2D eigenvalue weighted by Gasteiger charge is 2.62. The molecule has 0 aliphatic carbocycles. The van der Waals surface area contributed by atoms with Gasteiger partial charge >= 0.3 is 18.2 Å². The predicted octanol–water partition coefficient (Wildman–Crippen LogP) is 2.56. The van der Waals surface area contributed by atoms with Gasteiger partial charge in [0.1, 0.15) is 5.60 Å². The van der Waals surface area contributed by atoms with E-state index in [4.69, 9.17) is 4.74 Å². The molecule has 0 aromatic carbocycles. The van der Waals surface area contributed by atoms with Crippen LogP contribution in [0.25, 0.3) is 0 Å². The van der Waals surface area contributed by atoms with E-state index < -0.39 is 35.8 Å². The number of alkyl carbamates (subject to hydrolysis) is 1. The highest BCUT2D eigenvalue weighted by atomic mass is 19.4. The van der Waals surface area contributed by atoms with Crippen LogP contribution in [0, 0.1) is 0 Å². The Kier molecular flexibility index (Phi) is 5.62. The van der Waals surface area contributed by atoms with Crippen LogP contribution in [-0.4, -0.2) is 36.5 Å². The van der Waals surface area contributed by atoms with Crippen molar-refractivity contribution < 1.29 is 32.2 Å². The fourth-order valence-electron chi connectivity index (χ4n) is 1.36. The van der Waals surface area contributed by atoms with Crippen molar-refractivity contribution in [2.24, 2.45) is 0 Å². The largest absolute Gasteiger partial charge is 0.467 e. The Morgan fingerprint density at radius 3 is 2.05 bits per heavy atom. The number of hydrogen-bond donors (Lipinski definition) is 1. The maximum atomic E-state index is 13.2. The summed E-state index contributed by atoms with van der Waals surface area (Å²) in [4.78, 5) is 23.1. The number of nitrogens with one attached hydrogen (secondary N) is 1. The van der Waals surface area contributed by atoms with Crippen LogP contribution in [0.4, 0.5) is 18.0 Å². The Morgan fingerprint density at radius 2 is 1.75 bits per heavy atom. The molecule has 1 amide bonds. The smallest absolute Gasteiger partial charge is 0.422 e. The third kappa shape index (κ3) is 4.43. The maximum Gasteiger partial charge on any atom is 0.422 e. The van der Waals surface area contributed by atoms with Crippen molar-refractivity contribution in [1.82, 2.24) is 5.32 Å². The van der Waals surface area contributed by atoms with Gasteiger partial charge in [-0.15, -0.1) is 6.58 Å². The van der Waals surface area contributed by atoms with Crippen LogP contribution in [0.1, 0.15) is 27.2 Å². The van der Waals surface area contributed by atoms with E-state index in [1.165, 1.54) is 20.8 Å². The van der Waals surface area contributed by atoms with Crippen LogP contribution in [-0.2, 0) is 14.3 Å². The molecule has 0 aliphatic rings. The van der Waals surface area contributed by atoms with Gasteiger partial charge in [-0.25, -0.2) is 9.59 Å². The van der Waals surface area contributed by atoms with Crippen LogP contribution >= 0.6 is 0 Å². The Labute approximate surface area is 115 Å². The van der Waals surface area contributed by atoms with Gasteiger partial charge in [0.05, 0.1) is 7.11 Å². The first-order valence-corrected chi connectivity index (χ1v) is 5.67. The zero-order chi connectivity index (χ0) is 16.2. The lowest BCUT2D eigenvalue weighted by molar-refractivity contribution is -0.210. The number of esters is 1. The number of carbonyl (C=O) groups excluding carboxylic acids is 2. The minimum atomic E-state index is -5.06. The Hall–Kier alpha value is -1.73. The molecule has 0 aliphatic heterocycles. The third-order valence-electron chi connectivity index (χ3n) is 2.18. The standard InChI is InChI=1S/C12H18F3NO4/c1-6-7-11(8(17)19-5,12(13,14)15)16-9(18)20-10(2,3)4/h6H,1,7H2,2-5H3,(H,16,18). The summed E-state index contributed by atoms with van der Waals surface area (Å²) in [6.07, 6.45) is -6.45. The highest BCUT2D eigenvalue weighted by molar-refractivity contribution is 5.87. The van der Waals surface area contributed by atoms with Gasteiger partial charge in [0, 0.05) is 6.42 Å². The quantitative estimate of drug-likeness (QED) is 0.640.